The summed E-state index contributed by atoms with van der Waals surface area (Å²) in [4.78, 5) is 31.6. The molecule has 0 bridgehead atoms. The average Bonchev–Trinajstić information content (AvgIpc) is 3.10. The molecule has 2 heterocycles. The van der Waals surface area contributed by atoms with E-state index in [2.05, 4.69) is 36.0 Å². The van der Waals surface area contributed by atoms with Gasteiger partial charge in [0.1, 0.15) is 5.82 Å². The van der Waals surface area contributed by atoms with Crippen LogP contribution in [0.15, 0.2) is 24.3 Å². The van der Waals surface area contributed by atoms with E-state index in [1.807, 2.05) is 36.1 Å². The Kier molecular flexibility index (Phi) is 5.96. The van der Waals surface area contributed by atoms with Crippen LogP contribution in [0, 0.1) is 12.8 Å². The second kappa shape index (κ2) is 8.25. The molecule has 3 rings (SSSR count). The Labute approximate surface area is 166 Å². The third-order valence-electron chi connectivity index (χ3n) is 5.39. The van der Waals surface area contributed by atoms with Gasteiger partial charge in [-0.3, -0.25) is 14.7 Å². The maximum Gasteiger partial charge on any atom is 0.223 e. The molecule has 1 atom stereocenters. The smallest absolute Gasteiger partial charge is 0.223 e. The first kappa shape index (κ1) is 20.2. The molecular formula is C22H30N4O2. The van der Waals surface area contributed by atoms with Crippen LogP contribution in [0.3, 0.4) is 0 Å². The molecule has 1 aromatic carbocycles. The minimum Gasteiger partial charge on any atom is -0.342 e. The molecule has 6 nitrogen and oxygen atoms in total. The van der Waals surface area contributed by atoms with Gasteiger partial charge in [-0.15, -0.1) is 0 Å². The summed E-state index contributed by atoms with van der Waals surface area (Å²) < 4.78 is 0. The minimum atomic E-state index is -0.121. The summed E-state index contributed by atoms with van der Waals surface area (Å²) in [5.41, 5.74) is 2.02. The lowest BCUT2D eigenvalue weighted by Gasteiger charge is -2.32. The number of rotatable bonds is 5. The van der Waals surface area contributed by atoms with Gasteiger partial charge in [-0.2, -0.15) is 5.10 Å². The Morgan fingerprint density at radius 2 is 1.93 bits per heavy atom. The van der Waals surface area contributed by atoms with Crippen LogP contribution in [-0.2, 0) is 16.6 Å². The molecule has 2 aromatic rings. The number of aryl methyl sites for hydroxylation is 2. The Morgan fingerprint density at radius 3 is 2.54 bits per heavy atom. The van der Waals surface area contributed by atoms with Crippen molar-refractivity contribution in [2.24, 2.45) is 5.92 Å². The molecule has 0 unspecified atom stereocenters. The van der Waals surface area contributed by atoms with Gasteiger partial charge in [0.15, 0.2) is 11.6 Å². The highest BCUT2D eigenvalue weighted by molar-refractivity contribution is 5.98. The highest BCUT2D eigenvalue weighted by Gasteiger charge is 2.29. The Hall–Kier alpha value is -2.50. The van der Waals surface area contributed by atoms with Crippen molar-refractivity contribution in [2.75, 3.05) is 13.1 Å². The predicted molar refractivity (Wildman–Crippen MR) is 108 cm³/mol. The zero-order valence-electron chi connectivity index (χ0n) is 17.3. The van der Waals surface area contributed by atoms with E-state index in [4.69, 9.17) is 0 Å². The van der Waals surface area contributed by atoms with Gasteiger partial charge in [0.2, 0.25) is 5.91 Å². The van der Waals surface area contributed by atoms with Crippen molar-refractivity contribution in [3.05, 3.63) is 47.0 Å². The van der Waals surface area contributed by atoms with E-state index >= 15 is 0 Å². The number of aromatic amines is 1. The molecule has 1 aliphatic heterocycles. The van der Waals surface area contributed by atoms with Crippen molar-refractivity contribution in [1.82, 2.24) is 20.1 Å². The highest BCUT2D eigenvalue weighted by Crippen LogP contribution is 2.25. The van der Waals surface area contributed by atoms with Crippen LogP contribution >= 0.6 is 0 Å². The van der Waals surface area contributed by atoms with E-state index in [1.54, 1.807) is 0 Å². The van der Waals surface area contributed by atoms with E-state index < -0.39 is 0 Å². The number of piperidine rings is 1. The van der Waals surface area contributed by atoms with E-state index in [9.17, 15) is 9.59 Å². The van der Waals surface area contributed by atoms with E-state index in [-0.39, 0.29) is 23.0 Å². The number of hydrogen-bond acceptors (Lipinski definition) is 4. The monoisotopic (exact) mass is 382 g/mol. The van der Waals surface area contributed by atoms with Crippen molar-refractivity contribution >= 4 is 11.7 Å². The zero-order valence-corrected chi connectivity index (χ0v) is 17.3. The second-order valence-electron chi connectivity index (χ2n) is 8.71. The number of carbonyl (C=O) groups excluding carboxylic acids is 2. The molecule has 150 valence electrons. The van der Waals surface area contributed by atoms with Crippen molar-refractivity contribution < 1.29 is 9.59 Å². The third kappa shape index (κ3) is 4.86. The minimum absolute atomic E-state index is 0.0668. The number of benzene rings is 1. The summed E-state index contributed by atoms with van der Waals surface area (Å²) in [6.45, 7) is 9.55. The standard InChI is InChI=1S/C22H30N4O2/c1-15-23-19(25-24-15)11-12-20(27)26-13-5-6-17(14-26)21(28)16-7-9-18(10-8-16)22(2,3)4/h7-10,17H,5-6,11-14H2,1-4H3,(H,23,24,25)/t17-/m0/s1. The lowest BCUT2D eigenvalue weighted by Crippen LogP contribution is -2.42. The van der Waals surface area contributed by atoms with Gasteiger partial charge in [0.25, 0.3) is 0 Å². The summed E-state index contributed by atoms with van der Waals surface area (Å²) in [6, 6.07) is 7.93. The number of nitrogens with one attached hydrogen (secondary N) is 1. The van der Waals surface area contributed by atoms with E-state index in [0.717, 1.165) is 30.8 Å². The molecular weight excluding hydrogens is 352 g/mol. The summed E-state index contributed by atoms with van der Waals surface area (Å²) in [5.74, 6) is 1.51. The van der Waals surface area contributed by atoms with Crippen LogP contribution < -0.4 is 0 Å². The second-order valence-corrected chi connectivity index (χ2v) is 8.71. The molecule has 28 heavy (non-hydrogen) atoms. The molecule has 0 radical (unpaired) electrons. The molecule has 1 N–H and O–H groups in total. The van der Waals surface area contributed by atoms with Gasteiger partial charge >= 0.3 is 0 Å². The van der Waals surface area contributed by atoms with Crippen molar-refractivity contribution in [3.63, 3.8) is 0 Å². The van der Waals surface area contributed by atoms with E-state index in [0.29, 0.717) is 25.2 Å². The van der Waals surface area contributed by atoms with Gasteiger partial charge in [0, 0.05) is 37.4 Å². The van der Waals surface area contributed by atoms with Crippen LogP contribution in [0.4, 0.5) is 0 Å². The first-order valence-electron chi connectivity index (χ1n) is 10.0. The SMILES string of the molecule is Cc1nc(CCC(=O)N2CCC[C@H](C(=O)c3ccc(C(C)(C)C)cc3)C2)n[nH]1. The van der Waals surface area contributed by atoms with Crippen LogP contribution in [0.1, 0.15) is 67.6 Å². The molecule has 1 fully saturated rings. The Morgan fingerprint density at radius 1 is 1.21 bits per heavy atom. The largest absolute Gasteiger partial charge is 0.342 e. The summed E-state index contributed by atoms with van der Waals surface area (Å²) in [7, 11) is 0. The fourth-order valence-electron chi connectivity index (χ4n) is 3.67. The number of nitrogens with zero attached hydrogens (tertiary/aromatic N) is 3. The molecule has 1 aliphatic rings. The van der Waals surface area contributed by atoms with Crippen molar-refractivity contribution in [2.45, 2.75) is 58.8 Å². The third-order valence-corrected chi connectivity index (χ3v) is 5.39. The molecule has 1 saturated heterocycles. The highest BCUT2D eigenvalue weighted by atomic mass is 16.2. The normalized spacial score (nSPS) is 17.6. The zero-order chi connectivity index (χ0) is 20.3. The first-order chi connectivity index (χ1) is 13.2. The van der Waals surface area contributed by atoms with E-state index in [1.165, 1.54) is 5.56 Å². The number of aromatic nitrogens is 3. The van der Waals surface area contributed by atoms with Crippen molar-refractivity contribution in [1.29, 1.82) is 0 Å². The van der Waals surface area contributed by atoms with Crippen LogP contribution in [0.2, 0.25) is 0 Å². The number of carbonyl (C=O) groups is 2. The van der Waals surface area contributed by atoms with Crippen molar-refractivity contribution in [3.8, 4) is 0 Å². The van der Waals surface area contributed by atoms with Crippen LogP contribution in [-0.4, -0.2) is 44.9 Å². The lowest BCUT2D eigenvalue weighted by molar-refractivity contribution is -0.132. The maximum atomic E-state index is 12.9. The fourth-order valence-corrected chi connectivity index (χ4v) is 3.67. The van der Waals surface area contributed by atoms with Gasteiger partial charge in [-0.25, -0.2) is 4.98 Å². The molecule has 0 aliphatic carbocycles. The molecule has 0 saturated carbocycles. The van der Waals surface area contributed by atoms with Crippen LogP contribution in [0.25, 0.3) is 0 Å². The summed E-state index contributed by atoms with van der Waals surface area (Å²) in [6.07, 6.45) is 2.59. The molecule has 1 aromatic heterocycles. The summed E-state index contributed by atoms with van der Waals surface area (Å²) in [5, 5.41) is 6.87. The number of H-pyrrole nitrogens is 1. The quantitative estimate of drug-likeness (QED) is 0.803. The predicted octanol–water partition coefficient (Wildman–Crippen LogP) is 3.46. The van der Waals surface area contributed by atoms with Gasteiger partial charge in [-0.1, -0.05) is 45.0 Å². The lowest BCUT2D eigenvalue weighted by atomic mass is 9.85. The number of hydrogen-bond donors (Lipinski definition) is 1. The first-order valence-corrected chi connectivity index (χ1v) is 10.0. The van der Waals surface area contributed by atoms with Gasteiger partial charge in [-0.05, 0) is 30.7 Å². The Balaban J connectivity index is 1.59. The van der Waals surface area contributed by atoms with Gasteiger partial charge < -0.3 is 4.90 Å². The fraction of sp³-hybridized carbons (Fsp3) is 0.545. The number of ketones is 1. The molecule has 1 amide bonds. The number of amides is 1. The molecule has 0 spiro atoms. The Bertz CT molecular complexity index is 833. The topological polar surface area (TPSA) is 79.0 Å². The average molecular weight is 383 g/mol. The number of likely N-dealkylation sites (tertiary alicyclic amines) is 1. The van der Waals surface area contributed by atoms with Gasteiger partial charge in [0.05, 0.1) is 0 Å². The maximum absolute atomic E-state index is 12.9. The summed E-state index contributed by atoms with van der Waals surface area (Å²) >= 11 is 0. The number of Topliss-reactive ketones (excluding diaryl/α,β-unsaturated/α-hetero) is 1. The van der Waals surface area contributed by atoms with Crippen LogP contribution in [0.5, 0.6) is 0 Å². The molecule has 6 heteroatoms.